The molecule has 5 heteroatoms. The van der Waals surface area contributed by atoms with Crippen LogP contribution in [-0.2, 0) is 11.2 Å². The minimum absolute atomic E-state index is 0.0842. The summed E-state index contributed by atoms with van der Waals surface area (Å²) in [5.41, 5.74) is 4.48. The van der Waals surface area contributed by atoms with E-state index in [1.807, 2.05) is 65.2 Å². The molecule has 3 aromatic carbocycles. The number of aromatic nitrogens is 2. The summed E-state index contributed by atoms with van der Waals surface area (Å²) < 4.78 is 2.01. The highest BCUT2D eigenvalue weighted by molar-refractivity contribution is 5.91. The molecule has 1 aromatic heterocycles. The SMILES string of the molecule is O=C(CCc1ccccc1O)Nc1ccc(-n2cnc3ccccc32)cc1. The van der Waals surface area contributed by atoms with E-state index in [0.717, 1.165) is 28.0 Å². The zero-order chi connectivity index (χ0) is 18.6. The van der Waals surface area contributed by atoms with Crippen LogP contribution in [0.3, 0.4) is 0 Å². The lowest BCUT2D eigenvalue weighted by molar-refractivity contribution is -0.116. The fourth-order valence-corrected chi connectivity index (χ4v) is 3.06. The van der Waals surface area contributed by atoms with Crippen molar-refractivity contribution < 1.29 is 9.90 Å². The molecule has 0 spiro atoms. The van der Waals surface area contributed by atoms with Crippen molar-refractivity contribution in [2.24, 2.45) is 0 Å². The number of carbonyl (C=O) groups is 1. The highest BCUT2D eigenvalue weighted by Gasteiger charge is 2.07. The predicted octanol–water partition coefficient (Wildman–Crippen LogP) is 4.30. The summed E-state index contributed by atoms with van der Waals surface area (Å²) in [6, 6.07) is 22.7. The van der Waals surface area contributed by atoms with Gasteiger partial charge in [0.1, 0.15) is 12.1 Å². The van der Waals surface area contributed by atoms with E-state index in [1.165, 1.54) is 0 Å². The number of nitrogens with zero attached hydrogens (tertiary/aromatic N) is 2. The zero-order valence-corrected chi connectivity index (χ0v) is 14.7. The van der Waals surface area contributed by atoms with Gasteiger partial charge >= 0.3 is 0 Å². The molecule has 1 amide bonds. The Morgan fingerprint density at radius 3 is 2.52 bits per heavy atom. The molecule has 5 nitrogen and oxygen atoms in total. The molecular formula is C22H19N3O2. The molecule has 0 saturated carbocycles. The van der Waals surface area contributed by atoms with Gasteiger partial charge in [0, 0.05) is 17.8 Å². The lowest BCUT2D eigenvalue weighted by Gasteiger charge is -2.08. The maximum atomic E-state index is 12.2. The molecule has 0 aliphatic rings. The van der Waals surface area contributed by atoms with Crippen LogP contribution in [-0.4, -0.2) is 20.6 Å². The van der Waals surface area contributed by atoms with Crippen LogP contribution in [0.15, 0.2) is 79.1 Å². The molecule has 0 unspecified atom stereocenters. The Balaban J connectivity index is 1.42. The van der Waals surface area contributed by atoms with Crippen molar-refractivity contribution in [3.8, 4) is 11.4 Å². The normalized spacial score (nSPS) is 10.8. The van der Waals surface area contributed by atoms with Gasteiger partial charge in [-0.3, -0.25) is 9.36 Å². The number of phenols is 1. The van der Waals surface area contributed by atoms with E-state index in [2.05, 4.69) is 10.3 Å². The first kappa shape index (κ1) is 16.8. The number of anilines is 1. The summed E-state index contributed by atoms with van der Waals surface area (Å²) in [6.45, 7) is 0. The average molecular weight is 357 g/mol. The molecule has 4 rings (SSSR count). The fraction of sp³-hybridized carbons (Fsp3) is 0.0909. The van der Waals surface area contributed by atoms with E-state index in [1.54, 1.807) is 18.5 Å². The second-order valence-electron chi connectivity index (χ2n) is 6.33. The second kappa shape index (κ2) is 7.33. The third-order valence-corrected chi connectivity index (χ3v) is 4.50. The minimum Gasteiger partial charge on any atom is -0.508 e. The molecule has 0 fully saturated rings. The Labute approximate surface area is 156 Å². The highest BCUT2D eigenvalue weighted by Crippen LogP contribution is 2.20. The van der Waals surface area contributed by atoms with Gasteiger partial charge in [-0.2, -0.15) is 0 Å². The number of phenolic OH excluding ortho intramolecular Hbond substituents is 1. The molecule has 0 aliphatic heterocycles. The number of carbonyl (C=O) groups excluding carboxylic acids is 1. The number of aryl methyl sites for hydroxylation is 1. The number of hydrogen-bond acceptors (Lipinski definition) is 3. The van der Waals surface area contributed by atoms with E-state index < -0.39 is 0 Å². The number of rotatable bonds is 5. The summed E-state index contributed by atoms with van der Waals surface area (Å²) in [5, 5.41) is 12.7. The molecule has 0 atom stereocenters. The lowest BCUT2D eigenvalue weighted by atomic mass is 10.1. The first-order valence-electron chi connectivity index (χ1n) is 8.80. The van der Waals surface area contributed by atoms with Crippen LogP contribution < -0.4 is 5.32 Å². The van der Waals surface area contributed by atoms with Crippen molar-refractivity contribution in [3.63, 3.8) is 0 Å². The van der Waals surface area contributed by atoms with Crippen LogP contribution in [0.2, 0.25) is 0 Å². The molecule has 0 saturated heterocycles. The summed E-state index contributed by atoms with van der Waals surface area (Å²) in [7, 11) is 0. The van der Waals surface area contributed by atoms with Crippen molar-refractivity contribution in [2.45, 2.75) is 12.8 Å². The number of fused-ring (bicyclic) bond motifs is 1. The van der Waals surface area contributed by atoms with Gasteiger partial charge in [0.15, 0.2) is 0 Å². The smallest absolute Gasteiger partial charge is 0.224 e. The molecule has 0 bridgehead atoms. The summed E-state index contributed by atoms with van der Waals surface area (Å²) in [6.07, 6.45) is 2.60. The van der Waals surface area contributed by atoms with Crippen molar-refractivity contribution >= 4 is 22.6 Å². The Kier molecular flexibility index (Phi) is 4.58. The largest absolute Gasteiger partial charge is 0.508 e. The van der Waals surface area contributed by atoms with Gasteiger partial charge in [-0.25, -0.2) is 4.98 Å². The topological polar surface area (TPSA) is 67.2 Å². The summed E-state index contributed by atoms with van der Waals surface area (Å²) >= 11 is 0. The van der Waals surface area contributed by atoms with Crippen molar-refractivity contribution in [2.75, 3.05) is 5.32 Å². The highest BCUT2D eigenvalue weighted by atomic mass is 16.3. The van der Waals surface area contributed by atoms with Gasteiger partial charge in [0.05, 0.1) is 11.0 Å². The fourth-order valence-electron chi connectivity index (χ4n) is 3.06. The first-order valence-corrected chi connectivity index (χ1v) is 8.80. The predicted molar refractivity (Wildman–Crippen MR) is 106 cm³/mol. The summed E-state index contributed by atoms with van der Waals surface area (Å²) in [4.78, 5) is 16.6. The van der Waals surface area contributed by atoms with E-state index in [-0.39, 0.29) is 11.7 Å². The molecule has 0 aliphatic carbocycles. The number of benzene rings is 3. The number of para-hydroxylation sites is 3. The van der Waals surface area contributed by atoms with Crippen LogP contribution in [0.4, 0.5) is 5.69 Å². The van der Waals surface area contributed by atoms with Crippen LogP contribution in [0, 0.1) is 0 Å². The van der Waals surface area contributed by atoms with Crippen LogP contribution >= 0.6 is 0 Å². The first-order chi connectivity index (χ1) is 13.2. The molecule has 0 radical (unpaired) electrons. The Morgan fingerprint density at radius 1 is 0.963 bits per heavy atom. The van der Waals surface area contributed by atoms with E-state index in [4.69, 9.17) is 0 Å². The zero-order valence-electron chi connectivity index (χ0n) is 14.7. The number of hydrogen-bond donors (Lipinski definition) is 2. The van der Waals surface area contributed by atoms with Gasteiger partial charge < -0.3 is 10.4 Å². The van der Waals surface area contributed by atoms with Crippen LogP contribution in [0.5, 0.6) is 5.75 Å². The average Bonchev–Trinajstić information content (AvgIpc) is 3.12. The molecule has 2 N–H and O–H groups in total. The maximum absolute atomic E-state index is 12.2. The molecule has 4 aromatic rings. The monoisotopic (exact) mass is 357 g/mol. The van der Waals surface area contributed by atoms with E-state index in [9.17, 15) is 9.90 Å². The van der Waals surface area contributed by atoms with Gasteiger partial charge in [0.2, 0.25) is 5.91 Å². The van der Waals surface area contributed by atoms with E-state index >= 15 is 0 Å². The number of imidazole rings is 1. The maximum Gasteiger partial charge on any atom is 0.224 e. The van der Waals surface area contributed by atoms with Gasteiger partial charge in [-0.1, -0.05) is 30.3 Å². The number of aromatic hydroxyl groups is 1. The molecule has 1 heterocycles. The third-order valence-electron chi connectivity index (χ3n) is 4.50. The van der Waals surface area contributed by atoms with Crippen LogP contribution in [0.25, 0.3) is 16.7 Å². The van der Waals surface area contributed by atoms with Gasteiger partial charge in [-0.15, -0.1) is 0 Å². The third kappa shape index (κ3) is 3.67. The summed E-state index contributed by atoms with van der Waals surface area (Å²) in [5.74, 6) is 0.140. The standard InChI is InChI=1S/C22H19N3O2/c26-21-8-4-1-5-16(21)9-14-22(27)24-17-10-12-18(13-11-17)25-15-23-19-6-2-3-7-20(19)25/h1-8,10-13,15,26H,9,14H2,(H,24,27). The quantitative estimate of drug-likeness (QED) is 0.559. The van der Waals surface area contributed by atoms with E-state index in [0.29, 0.717) is 12.8 Å². The van der Waals surface area contributed by atoms with Gasteiger partial charge in [0.25, 0.3) is 0 Å². The lowest BCUT2D eigenvalue weighted by Crippen LogP contribution is -2.12. The second-order valence-corrected chi connectivity index (χ2v) is 6.33. The van der Waals surface area contributed by atoms with Crippen molar-refractivity contribution in [1.29, 1.82) is 0 Å². The Morgan fingerprint density at radius 2 is 1.70 bits per heavy atom. The Hall–Kier alpha value is -3.60. The molecule has 27 heavy (non-hydrogen) atoms. The van der Waals surface area contributed by atoms with Crippen molar-refractivity contribution in [3.05, 3.63) is 84.7 Å². The molecule has 134 valence electrons. The minimum atomic E-state index is -0.0842. The number of nitrogens with one attached hydrogen (secondary N) is 1. The molecular weight excluding hydrogens is 338 g/mol. The van der Waals surface area contributed by atoms with Crippen molar-refractivity contribution in [1.82, 2.24) is 9.55 Å². The number of amides is 1. The van der Waals surface area contributed by atoms with Gasteiger partial charge in [-0.05, 0) is 54.4 Å². The Bertz CT molecular complexity index is 1080. The van der Waals surface area contributed by atoms with Crippen LogP contribution in [0.1, 0.15) is 12.0 Å².